The second kappa shape index (κ2) is 12.7. The van der Waals surface area contributed by atoms with E-state index in [1.165, 1.54) is 91.7 Å². The predicted octanol–water partition coefficient (Wildman–Crippen LogP) is 3.58. The van der Waals surface area contributed by atoms with Crippen LogP contribution in [0.2, 0.25) is 0 Å². The largest absolute Gasteiger partial charge is 0.333 e. The van der Waals surface area contributed by atoms with Gasteiger partial charge in [0, 0.05) is 23.2 Å². The minimum absolute atomic E-state index is 0.285. The Morgan fingerprint density at radius 3 is 2.24 bits per heavy atom. The Balaban J connectivity index is 0.000000173. The van der Waals surface area contributed by atoms with Crippen molar-refractivity contribution in [3.8, 4) is 0 Å². The SMILES string of the molecule is CN.CNS(=O)c1sc(CNC2CCC2)cc1F.O=CNc1c2c(cc3c1CCC3)CCC2. The van der Waals surface area contributed by atoms with Gasteiger partial charge in [0.1, 0.15) is 15.2 Å². The number of carbonyl (C=O) groups is 1. The van der Waals surface area contributed by atoms with E-state index in [-0.39, 0.29) is 10.0 Å². The molecule has 1 fully saturated rings. The van der Waals surface area contributed by atoms with Crippen molar-refractivity contribution in [1.82, 2.24) is 10.0 Å². The summed E-state index contributed by atoms with van der Waals surface area (Å²) in [5.74, 6) is -0.372. The van der Waals surface area contributed by atoms with E-state index in [0.29, 0.717) is 12.6 Å². The number of nitrogens with two attached hydrogens (primary N) is 1. The van der Waals surface area contributed by atoms with Crippen LogP contribution in [0.1, 0.15) is 59.2 Å². The van der Waals surface area contributed by atoms with Gasteiger partial charge in [0.2, 0.25) is 6.41 Å². The lowest BCUT2D eigenvalue weighted by molar-refractivity contribution is -0.105. The summed E-state index contributed by atoms with van der Waals surface area (Å²) >= 11 is 1.27. The van der Waals surface area contributed by atoms with Crippen LogP contribution in [0.15, 0.2) is 16.3 Å². The number of aryl methyl sites for hydroxylation is 2. The smallest absolute Gasteiger partial charge is 0.211 e. The van der Waals surface area contributed by atoms with Gasteiger partial charge in [-0.05, 0) is 93.8 Å². The van der Waals surface area contributed by atoms with Crippen LogP contribution in [-0.2, 0) is 48.0 Å². The fourth-order valence-electron chi connectivity index (χ4n) is 4.61. The highest BCUT2D eigenvalue weighted by Crippen LogP contribution is 2.38. The first-order chi connectivity index (χ1) is 16.1. The molecule has 1 amide bonds. The number of nitrogens with one attached hydrogen (secondary N) is 3. The van der Waals surface area contributed by atoms with Gasteiger partial charge < -0.3 is 16.4 Å². The highest BCUT2D eigenvalue weighted by molar-refractivity contribution is 7.85. The molecule has 0 saturated heterocycles. The standard InChI is InChI=1S/C13H15NO.C10H15FN2OS2.CH5N/c15-8-14-13-11-5-1-3-9(11)7-10-4-2-6-12(10)13;1-12-16(14)10-9(11)5-8(15-10)6-13-7-3-2-4-7;1-2/h7-8H,1-6H2,(H,14,15);5,7,12-13H,2-4,6H2,1H3;2H2,1H3. The summed E-state index contributed by atoms with van der Waals surface area (Å²) in [5, 5.41) is 6.28. The molecule has 3 aliphatic rings. The van der Waals surface area contributed by atoms with Crippen LogP contribution >= 0.6 is 11.3 Å². The number of halogens is 1. The summed E-state index contributed by atoms with van der Waals surface area (Å²) in [5.41, 5.74) is 11.4. The van der Waals surface area contributed by atoms with Crippen LogP contribution < -0.4 is 21.1 Å². The van der Waals surface area contributed by atoms with Gasteiger partial charge in [-0.1, -0.05) is 12.5 Å². The van der Waals surface area contributed by atoms with E-state index in [0.717, 1.165) is 29.8 Å². The quantitative estimate of drug-likeness (QED) is 0.443. The van der Waals surface area contributed by atoms with Crippen LogP contribution in [0, 0.1) is 5.82 Å². The molecule has 5 rings (SSSR count). The Bertz CT molecular complexity index is 944. The van der Waals surface area contributed by atoms with E-state index in [9.17, 15) is 13.4 Å². The number of benzene rings is 1. The molecule has 0 bridgehead atoms. The maximum absolute atomic E-state index is 13.4. The fourth-order valence-corrected chi connectivity index (χ4v) is 6.62. The van der Waals surface area contributed by atoms with Crippen molar-refractivity contribution < 1.29 is 13.4 Å². The number of amides is 1. The molecule has 1 saturated carbocycles. The number of fused-ring (bicyclic) bond motifs is 2. The molecule has 5 N–H and O–H groups in total. The Labute approximate surface area is 202 Å². The van der Waals surface area contributed by atoms with E-state index < -0.39 is 11.0 Å². The van der Waals surface area contributed by atoms with E-state index in [4.69, 9.17) is 0 Å². The molecule has 0 aliphatic heterocycles. The number of carbonyl (C=O) groups excluding carboxylic acids is 1. The first kappa shape index (κ1) is 26.0. The summed E-state index contributed by atoms with van der Waals surface area (Å²) in [6.07, 6.45) is 11.7. The zero-order valence-electron chi connectivity index (χ0n) is 19.5. The summed E-state index contributed by atoms with van der Waals surface area (Å²) in [6.45, 7) is 0.674. The van der Waals surface area contributed by atoms with Crippen LogP contribution in [0.3, 0.4) is 0 Å². The molecule has 1 unspecified atom stereocenters. The molecule has 0 spiro atoms. The summed E-state index contributed by atoms with van der Waals surface area (Å²) in [4.78, 5) is 11.6. The van der Waals surface area contributed by atoms with E-state index in [2.05, 4.69) is 27.2 Å². The summed E-state index contributed by atoms with van der Waals surface area (Å²) in [6, 6.07) is 4.44. The summed E-state index contributed by atoms with van der Waals surface area (Å²) < 4.78 is 27.7. The van der Waals surface area contributed by atoms with Gasteiger partial charge in [-0.2, -0.15) is 0 Å². The molecule has 1 atom stereocenters. The van der Waals surface area contributed by atoms with Crippen LogP contribution in [0.5, 0.6) is 0 Å². The van der Waals surface area contributed by atoms with Gasteiger partial charge in [0.15, 0.2) is 5.82 Å². The Morgan fingerprint density at radius 2 is 1.73 bits per heavy atom. The molecular weight excluding hydrogens is 459 g/mol. The van der Waals surface area contributed by atoms with E-state index >= 15 is 0 Å². The zero-order chi connectivity index (χ0) is 23.8. The van der Waals surface area contributed by atoms with Crippen molar-refractivity contribution in [3.63, 3.8) is 0 Å². The minimum atomic E-state index is -1.42. The maximum atomic E-state index is 13.4. The second-order valence-corrected chi connectivity index (χ2v) is 11.1. The number of hydrogen-bond donors (Lipinski definition) is 4. The van der Waals surface area contributed by atoms with Gasteiger partial charge in [-0.25, -0.2) is 13.3 Å². The molecule has 1 aromatic heterocycles. The second-order valence-electron chi connectivity index (χ2n) is 8.33. The number of rotatable bonds is 7. The van der Waals surface area contributed by atoms with Gasteiger partial charge >= 0.3 is 0 Å². The monoisotopic (exact) mass is 494 g/mol. The molecule has 9 heteroatoms. The molecule has 1 aromatic carbocycles. The highest BCUT2D eigenvalue weighted by Gasteiger charge is 2.23. The van der Waals surface area contributed by atoms with Gasteiger partial charge in [-0.3, -0.25) is 4.79 Å². The highest BCUT2D eigenvalue weighted by atomic mass is 32.2. The molecule has 182 valence electrons. The van der Waals surface area contributed by atoms with Crippen molar-refractivity contribution in [2.45, 2.75) is 74.6 Å². The number of anilines is 1. The Hall–Kier alpha value is -1.65. The van der Waals surface area contributed by atoms with Gasteiger partial charge in [0.25, 0.3) is 0 Å². The van der Waals surface area contributed by atoms with Crippen molar-refractivity contribution in [2.75, 3.05) is 19.4 Å². The zero-order valence-corrected chi connectivity index (χ0v) is 21.1. The molecule has 0 radical (unpaired) electrons. The molecule has 33 heavy (non-hydrogen) atoms. The van der Waals surface area contributed by atoms with Crippen molar-refractivity contribution in [3.05, 3.63) is 45.1 Å². The van der Waals surface area contributed by atoms with Crippen molar-refractivity contribution in [2.24, 2.45) is 5.73 Å². The minimum Gasteiger partial charge on any atom is -0.333 e. The van der Waals surface area contributed by atoms with Crippen molar-refractivity contribution in [1.29, 1.82) is 0 Å². The number of hydrogen-bond acceptors (Lipinski definition) is 5. The third kappa shape index (κ3) is 6.27. The number of thiophene rings is 1. The lowest BCUT2D eigenvalue weighted by Crippen LogP contribution is -2.34. The average molecular weight is 495 g/mol. The normalized spacial score (nSPS) is 17.0. The molecule has 1 heterocycles. The first-order valence-electron chi connectivity index (χ1n) is 11.7. The topological polar surface area (TPSA) is 96.2 Å². The molecule has 3 aliphatic carbocycles. The molecule has 2 aromatic rings. The Kier molecular flexibility index (Phi) is 10.0. The first-order valence-corrected chi connectivity index (χ1v) is 13.6. The van der Waals surface area contributed by atoms with Crippen LogP contribution in [-0.4, -0.2) is 30.8 Å². The molecular formula is C24H35FN4O2S2. The Morgan fingerprint density at radius 1 is 1.09 bits per heavy atom. The molecule has 6 nitrogen and oxygen atoms in total. The third-order valence-corrected chi connectivity index (χ3v) is 8.92. The van der Waals surface area contributed by atoms with E-state index in [1.54, 1.807) is 7.05 Å². The fraction of sp³-hybridized carbons (Fsp3) is 0.542. The summed E-state index contributed by atoms with van der Waals surface area (Å²) in [7, 11) is 1.64. The maximum Gasteiger partial charge on any atom is 0.211 e. The van der Waals surface area contributed by atoms with Crippen molar-refractivity contribution >= 4 is 34.4 Å². The predicted molar refractivity (Wildman–Crippen MR) is 135 cm³/mol. The van der Waals surface area contributed by atoms with Gasteiger partial charge in [0.05, 0.1) is 0 Å². The van der Waals surface area contributed by atoms with Crippen LogP contribution in [0.4, 0.5) is 10.1 Å². The average Bonchev–Trinajstić information content (AvgIpc) is 3.54. The third-order valence-electron chi connectivity index (χ3n) is 6.41. The van der Waals surface area contributed by atoms with Crippen LogP contribution in [0.25, 0.3) is 0 Å². The lowest BCUT2D eigenvalue weighted by Gasteiger charge is -2.26. The lowest BCUT2D eigenvalue weighted by atomic mass is 9.93. The van der Waals surface area contributed by atoms with E-state index in [1.807, 2.05) is 0 Å². The van der Waals surface area contributed by atoms with Gasteiger partial charge in [-0.15, -0.1) is 11.3 Å².